The lowest BCUT2D eigenvalue weighted by molar-refractivity contribution is -0.275. The van der Waals surface area contributed by atoms with Crippen LogP contribution in [-0.2, 0) is 19.6 Å². The second-order valence-electron chi connectivity index (χ2n) is 7.43. The lowest BCUT2D eigenvalue weighted by atomic mass is 9.80. The van der Waals surface area contributed by atoms with Crippen LogP contribution in [0.2, 0.25) is 0 Å². The summed E-state index contributed by atoms with van der Waals surface area (Å²) in [7, 11) is -4.35. The maximum Gasteiger partial charge on any atom is 0.573 e. The van der Waals surface area contributed by atoms with E-state index in [1.165, 1.54) is 0 Å². The smallest absolute Gasteiger partial charge is 0.476 e. The summed E-state index contributed by atoms with van der Waals surface area (Å²) < 4.78 is 89.4. The number of ether oxygens (including phenoxy) is 4. The number of carbonyl (C=O) groups excluding carboxylic acids is 1. The molecule has 2 bridgehead atoms. The molecule has 31 heavy (non-hydrogen) atoms. The summed E-state index contributed by atoms with van der Waals surface area (Å²) in [5, 5.41) is 0. The monoisotopic (exact) mass is 466 g/mol. The van der Waals surface area contributed by atoms with Gasteiger partial charge in [0.15, 0.2) is 17.1 Å². The molecule has 3 atom stereocenters. The first-order chi connectivity index (χ1) is 14.3. The molecule has 0 saturated carbocycles. The molecule has 1 aromatic rings. The highest BCUT2D eigenvalue weighted by atomic mass is 32.2. The summed E-state index contributed by atoms with van der Waals surface area (Å²) in [5.74, 6) is -2.86. The zero-order chi connectivity index (χ0) is 23.0. The third-order valence-corrected chi connectivity index (χ3v) is 5.84. The van der Waals surface area contributed by atoms with Gasteiger partial charge >= 0.3 is 12.3 Å². The highest BCUT2D eigenvalue weighted by Crippen LogP contribution is 2.49. The van der Waals surface area contributed by atoms with E-state index in [0.29, 0.717) is 18.4 Å². The van der Waals surface area contributed by atoms with Crippen molar-refractivity contribution in [1.82, 2.24) is 0 Å². The molecule has 0 amide bonds. The van der Waals surface area contributed by atoms with Crippen LogP contribution in [0, 0.1) is 0 Å². The van der Waals surface area contributed by atoms with E-state index >= 15 is 0 Å². The maximum atomic E-state index is 12.9. The number of hydrogen-bond acceptors (Lipinski definition) is 7. The largest absolute Gasteiger partial charge is 0.573 e. The van der Waals surface area contributed by atoms with Crippen LogP contribution in [0.15, 0.2) is 30.4 Å². The molecule has 2 fully saturated rings. The molecule has 1 aromatic carbocycles. The van der Waals surface area contributed by atoms with Gasteiger partial charge in [0.05, 0.1) is 11.7 Å². The van der Waals surface area contributed by atoms with Gasteiger partial charge in [-0.2, -0.15) is 8.42 Å². The zero-order valence-corrected chi connectivity index (χ0v) is 17.3. The lowest BCUT2D eigenvalue weighted by Crippen LogP contribution is -2.46. The van der Waals surface area contributed by atoms with Crippen molar-refractivity contribution in [1.29, 1.82) is 0 Å². The molecular formula is C19H21F3O8S. The Morgan fingerprint density at radius 3 is 2.55 bits per heavy atom. The molecule has 0 radical (unpaired) electrons. The highest BCUT2D eigenvalue weighted by Gasteiger charge is 2.55. The van der Waals surface area contributed by atoms with Gasteiger partial charge in [0, 0.05) is 6.42 Å². The zero-order valence-electron chi connectivity index (χ0n) is 16.5. The third-order valence-electron chi connectivity index (χ3n) is 5.15. The quantitative estimate of drug-likeness (QED) is 0.353. The normalized spacial score (nSPS) is 25.3. The number of fused-ring (bicyclic) bond motifs is 2. The van der Waals surface area contributed by atoms with Crippen LogP contribution in [0.25, 0.3) is 0 Å². The molecule has 0 aliphatic carbocycles. The second kappa shape index (κ2) is 8.32. The molecule has 2 heterocycles. The van der Waals surface area contributed by atoms with Crippen molar-refractivity contribution >= 4 is 16.1 Å². The summed E-state index contributed by atoms with van der Waals surface area (Å²) >= 11 is 0. The Hall–Kier alpha value is -2.31. The summed E-state index contributed by atoms with van der Waals surface area (Å²) in [6.07, 6.45) is -3.68. The van der Waals surface area contributed by atoms with E-state index in [9.17, 15) is 26.4 Å². The van der Waals surface area contributed by atoms with Gasteiger partial charge in [0.1, 0.15) is 18.5 Å². The van der Waals surface area contributed by atoms with Crippen molar-refractivity contribution in [3.05, 3.63) is 35.9 Å². The van der Waals surface area contributed by atoms with Crippen molar-refractivity contribution in [3.8, 4) is 11.5 Å². The van der Waals surface area contributed by atoms with E-state index < -0.39 is 52.3 Å². The standard InChI is InChI=1S/C19H21F3O8S/c1-11(2)18(10-13-4-6-16(18)28-13)29-15-9-12(3-5-14(15)30-19(20,21)22)17(23)27-7-8-31(24,25)26/h3,5,9,13,16H,1,4,6-8,10H2,2H3,(H,24,25,26). The van der Waals surface area contributed by atoms with Crippen molar-refractivity contribution < 1.29 is 49.9 Å². The molecule has 12 heteroatoms. The number of rotatable bonds is 8. The van der Waals surface area contributed by atoms with E-state index in [1.807, 2.05) is 0 Å². The van der Waals surface area contributed by atoms with Gasteiger partial charge in [-0.3, -0.25) is 4.55 Å². The van der Waals surface area contributed by atoms with Gasteiger partial charge in [-0.1, -0.05) is 6.58 Å². The first kappa shape index (κ1) is 23.4. The van der Waals surface area contributed by atoms with Gasteiger partial charge in [0.25, 0.3) is 10.1 Å². The fourth-order valence-electron chi connectivity index (χ4n) is 3.76. The average molecular weight is 466 g/mol. The molecule has 1 N–H and O–H groups in total. The molecule has 3 unspecified atom stereocenters. The van der Waals surface area contributed by atoms with Gasteiger partial charge in [-0.15, -0.1) is 13.2 Å². The first-order valence-corrected chi connectivity index (χ1v) is 10.9. The van der Waals surface area contributed by atoms with E-state index in [2.05, 4.69) is 11.3 Å². The minimum Gasteiger partial charge on any atom is -0.476 e. The molecule has 2 aliphatic rings. The summed E-state index contributed by atoms with van der Waals surface area (Å²) in [5.41, 5.74) is -0.722. The van der Waals surface area contributed by atoms with Crippen molar-refractivity contribution in [2.75, 3.05) is 12.4 Å². The lowest BCUT2D eigenvalue weighted by Gasteiger charge is -2.37. The predicted molar refractivity (Wildman–Crippen MR) is 101 cm³/mol. The molecule has 2 aliphatic heterocycles. The average Bonchev–Trinajstić information content (AvgIpc) is 3.22. The first-order valence-electron chi connectivity index (χ1n) is 9.31. The van der Waals surface area contributed by atoms with Crippen molar-refractivity contribution in [3.63, 3.8) is 0 Å². The van der Waals surface area contributed by atoms with Gasteiger partial charge in [-0.05, 0) is 43.5 Å². The minimum atomic E-state index is -5.00. The van der Waals surface area contributed by atoms with Gasteiger partial charge < -0.3 is 18.9 Å². The van der Waals surface area contributed by atoms with Crippen LogP contribution in [0.4, 0.5) is 13.2 Å². The highest BCUT2D eigenvalue weighted by molar-refractivity contribution is 7.85. The number of carbonyl (C=O) groups is 1. The Bertz CT molecular complexity index is 975. The van der Waals surface area contributed by atoms with Crippen LogP contribution in [-0.4, -0.2) is 55.5 Å². The van der Waals surface area contributed by atoms with E-state index in [4.69, 9.17) is 18.8 Å². The number of alkyl halides is 3. The number of benzene rings is 1. The van der Waals surface area contributed by atoms with Crippen LogP contribution in [0.1, 0.15) is 36.5 Å². The second-order valence-corrected chi connectivity index (χ2v) is 9.00. The fraction of sp³-hybridized carbons (Fsp3) is 0.526. The topological polar surface area (TPSA) is 108 Å². The van der Waals surface area contributed by atoms with E-state index in [-0.39, 0.29) is 17.4 Å². The Morgan fingerprint density at radius 1 is 1.32 bits per heavy atom. The third kappa shape index (κ3) is 5.49. The SMILES string of the molecule is C=C(C)C1(Oc2cc(C(=O)OCCS(=O)(=O)O)ccc2OC(F)(F)F)CC2CCC1O2. The summed E-state index contributed by atoms with van der Waals surface area (Å²) in [6.45, 7) is 4.95. The molecule has 0 spiro atoms. The Balaban J connectivity index is 1.89. The van der Waals surface area contributed by atoms with Crippen LogP contribution in [0.3, 0.4) is 0 Å². The minimum absolute atomic E-state index is 0.109. The Labute approximate surface area is 176 Å². The molecule has 8 nitrogen and oxygen atoms in total. The van der Waals surface area contributed by atoms with Crippen LogP contribution >= 0.6 is 0 Å². The molecule has 172 valence electrons. The van der Waals surface area contributed by atoms with Crippen LogP contribution < -0.4 is 9.47 Å². The van der Waals surface area contributed by atoms with E-state index in [1.54, 1.807) is 6.92 Å². The van der Waals surface area contributed by atoms with Crippen LogP contribution in [0.5, 0.6) is 11.5 Å². The number of hydrogen-bond donors (Lipinski definition) is 1. The number of halogens is 3. The maximum absolute atomic E-state index is 12.9. The molecule has 0 aromatic heterocycles. The van der Waals surface area contributed by atoms with E-state index in [0.717, 1.165) is 24.6 Å². The van der Waals surface area contributed by atoms with Gasteiger partial charge in [0.2, 0.25) is 0 Å². The summed E-state index contributed by atoms with van der Waals surface area (Å²) in [6, 6.07) is 2.95. The molecule has 3 rings (SSSR count). The van der Waals surface area contributed by atoms with Crippen molar-refractivity contribution in [2.45, 2.75) is 50.4 Å². The fourth-order valence-corrected chi connectivity index (χ4v) is 4.05. The Kier molecular flexibility index (Phi) is 6.27. The number of esters is 1. The predicted octanol–water partition coefficient (Wildman–Crippen LogP) is 3.27. The van der Waals surface area contributed by atoms with Gasteiger partial charge in [-0.25, -0.2) is 4.79 Å². The molecule has 2 saturated heterocycles. The molecular weight excluding hydrogens is 445 g/mol. The summed E-state index contributed by atoms with van der Waals surface area (Å²) in [4.78, 5) is 12.2. The Morgan fingerprint density at radius 2 is 2.03 bits per heavy atom. The van der Waals surface area contributed by atoms with Crippen molar-refractivity contribution in [2.24, 2.45) is 0 Å².